The van der Waals surface area contributed by atoms with E-state index in [0.717, 1.165) is 89.9 Å². The van der Waals surface area contributed by atoms with Crippen LogP contribution in [-0.2, 0) is 15.9 Å². The molecule has 2 aliphatic heterocycles. The summed E-state index contributed by atoms with van der Waals surface area (Å²) >= 11 is 0. The van der Waals surface area contributed by atoms with Crippen molar-refractivity contribution in [2.45, 2.75) is 38.2 Å². The summed E-state index contributed by atoms with van der Waals surface area (Å²) in [5.74, 6) is 1.85. The summed E-state index contributed by atoms with van der Waals surface area (Å²) in [6.45, 7) is 10.3. The fraction of sp³-hybridized carbons (Fsp3) is 0.750. The molecule has 0 bridgehead atoms. The van der Waals surface area contributed by atoms with Crippen LogP contribution in [0.2, 0.25) is 0 Å². The van der Waals surface area contributed by atoms with E-state index in [1.165, 1.54) is 0 Å². The Bertz CT molecular complexity index is 556. The van der Waals surface area contributed by atoms with Crippen molar-refractivity contribution in [3.63, 3.8) is 0 Å². The number of halogens is 1. The monoisotopic (exact) mass is 506 g/mol. The first-order chi connectivity index (χ1) is 13.2. The number of guanidine groups is 1. The highest BCUT2D eigenvalue weighted by Crippen LogP contribution is 2.24. The van der Waals surface area contributed by atoms with Crippen LogP contribution in [0.1, 0.15) is 31.9 Å². The van der Waals surface area contributed by atoms with Gasteiger partial charge in [0.15, 0.2) is 5.96 Å². The van der Waals surface area contributed by atoms with Crippen molar-refractivity contribution in [2.24, 2.45) is 4.99 Å². The highest BCUT2D eigenvalue weighted by molar-refractivity contribution is 14.0. The quantitative estimate of drug-likeness (QED) is 0.232. The maximum Gasteiger partial charge on any atom is 0.191 e. The van der Waals surface area contributed by atoms with Gasteiger partial charge >= 0.3 is 0 Å². The van der Waals surface area contributed by atoms with Crippen LogP contribution in [0.15, 0.2) is 27.8 Å². The fourth-order valence-electron chi connectivity index (χ4n) is 3.48. The van der Waals surface area contributed by atoms with Crippen LogP contribution in [0.3, 0.4) is 0 Å². The van der Waals surface area contributed by atoms with E-state index in [9.17, 15) is 0 Å². The van der Waals surface area contributed by atoms with Crippen molar-refractivity contribution in [1.82, 2.24) is 15.5 Å². The van der Waals surface area contributed by atoms with Gasteiger partial charge in [-0.05, 0) is 44.9 Å². The van der Waals surface area contributed by atoms with Gasteiger partial charge in [-0.1, -0.05) is 0 Å². The molecule has 0 radical (unpaired) electrons. The largest absolute Gasteiger partial charge is 0.469 e. The first-order valence-electron chi connectivity index (χ1n) is 10.2. The number of nitrogens with one attached hydrogen (secondary N) is 2. The van der Waals surface area contributed by atoms with E-state index in [-0.39, 0.29) is 29.6 Å². The maximum absolute atomic E-state index is 5.86. The van der Waals surface area contributed by atoms with Crippen molar-refractivity contribution in [1.29, 1.82) is 0 Å². The number of aliphatic imine (C=N–C) groups is 1. The summed E-state index contributed by atoms with van der Waals surface area (Å²) in [6, 6.07) is 3.92. The maximum atomic E-state index is 5.86. The lowest BCUT2D eigenvalue weighted by Gasteiger charge is -2.26. The smallest absolute Gasteiger partial charge is 0.191 e. The van der Waals surface area contributed by atoms with Gasteiger partial charge in [-0.2, -0.15) is 0 Å². The second-order valence-electron chi connectivity index (χ2n) is 7.56. The molecule has 0 aromatic carbocycles. The molecule has 1 atom stereocenters. The van der Waals surface area contributed by atoms with Crippen LogP contribution in [0.25, 0.3) is 0 Å². The molecule has 2 aliphatic rings. The molecule has 160 valence electrons. The molecule has 8 heteroatoms. The third-order valence-electron chi connectivity index (χ3n) is 5.16. The van der Waals surface area contributed by atoms with Gasteiger partial charge in [-0.25, -0.2) is 0 Å². The normalized spacial score (nSPS) is 23.4. The minimum absolute atomic E-state index is 0. The zero-order chi connectivity index (χ0) is 18.8. The van der Waals surface area contributed by atoms with E-state index >= 15 is 0 Å². The highest BCUT2D eigenvalue weighted by atomic mass is 127. The predicted octanol–water partition coefficient (Wildman–Crippen LogP) is 2.27. The van der Waals surface area contributed by atoms with Gasteiger partial charge in [0.25, 0.3) is 0 Å². The van der Waals surface area contributed by atoms with E-state index < -0.39 is 0 Å². The van der Waals surface area contributed by atoms with E-state index in [0.29, 0.717) is 6.54 Å². The number of rotatable bonds is 9. The van der Waals surface area contributed by atoms with Crippen LogP contribution >= 0.6 is 24.0 Å². The van der Waals surface area contributed by atoms with Crippen LogP contribution in [0.4, 0.5) is 0 Å². The SMILES string of the molecule is CC1(CN=C(NCCCN2CCOCC2)NCCc2ccco2)CCCO1.I. The second-order valence-corrected chi connectivity index (χ2v) is 7.56. The summed E-state index contributed by atoms with van der Waals surface area (Å²) in [5.41, 5.74) is -0.122. The van der Waals surface area contributed by atoms with Gasteiger partial charge in [0.1, 0.15) is 5.76 Å². The summed E-state index contributed by atoms with van der Waals surface area (Å²) in [5, 5.41) is 6.90. The third-order valence-corrected chi connectivity index (χ3v) is 5.16. The molecule has 2 fully saturated rings. The van der Waals surface area contributed by atoms with Gasteiger partial charge in [0, 0.05) is 39.2 Å². The first kappa shape index (κ1) is 23.4. The molecular formula is C20H35IN4O3. The number of hydrogen-bond donors (Lipinski definition) is 2. The van der Waals surface area contributed by atoms with E-state index in [4.69, 9.17) is 18.9 Å². The highest BCUT2D eigenvalue weighted by Gasteiger charge is 2.29. The van der Waals surface area contributed by atoms with Crippen molar-refractivity contribution >= 4 is 29.9 Å². The summed E-state index contributed by atoms with van der Waals surface area (Å²) in [7, 11) is 0. The molecule has 1 unspecified atom stereocenters. The van der Waals surface area contributed by atoms with Crippen molar-refractivity contribution in [2.75, 3.05) is 59.1 Å². The van der Waals surface area contributed by atoms with Crippen molar-refractivity contribution in [3.8, 4) is 0 Å². The molecule has 1 aromatic rings. The Morgan fingerprint density at radius 2 is 2.04 bits per heavy atom. The summed E-state index contributed by atoms with van der Waals surface area (Å²) < 4.78 is 16.7. The molecule has 28 heavy (non-hydrogen) atoms. The summed E-state index contributed by atoms with van der Waals surface area (Å²) in [4.78, 5) is 7.24. The topological polar surface area (TPSA) is 71.3 Å². The van der Waals surface area contributed by atoms with Gasteiger partial charge in [0.2, 0.25) is 0 Å². The van der Waals surface area contributed by atoms with Crippen LogP contribution < -0.4 is 10.6 Å². The summed E-state index contributed by atoms with van der Waals surface area (Å²) in [6.07, 6.45) is 5.85. The standard InChI is InChI=1S/C20H34N4O3.HI/c1-20(7-3-14-27-20)17-23-19(22-9-6-18-5-2-13-26-18)21-8-4-10-24-11-15-25-16-12-24;/h2,5,13H,3-4,6-12,14-17H2,1H3,(H2,21,22,23);1H. The molecule has 0 spiro atoms. The van der Waals surface area contributed by atoms with Crippen LogP contribution in [0.5, 0.6) is 0 Å². The Hall–Kier alpha value is -0.840. The Morgan fingerprint density at radius 1 is 1.21 bits per heavy atom. The van der Waals surface area contributed by atoms with Crippen LogP contribution in [-0.4, -0.2) is 75.5 Å². The van der Waals surface area contributed by atoms with Gasteiger partial charge in [0.05, 0.1) is 31.6 Å². The molecule has 2 saturated heterocycles. The number of furan rings is 1. The molecule has 0 saturated carbocycles. The molecule has 2 N–H and O–H groups in total. The minimum atomic E-state index is -0.122. The average molecular weight is 506 g/mol. The third kappa shape index (κ3) is 8.26. The van der Waals surface area contributed by atoms with Crippen molar-refractivity contribution in [3.05, 3.63) is 24.2 Å². The Morgan fingerprint density at radius 3 is 2.75 bits per heavy atom. The number of ether oxygens (including phenoxy) is 2. The zero-order valence-corrected chi connectivity index (χ0v) is 19.3. The molecular weight excluding hydrogens is 471 g/mol. The molecule has 3 rings (SSSR count). The first-order valence-corrected chi connectivity index (χ1v) is 10.2. The molecule has 1 aromatic heterocycles. The van der Waals surface area contributed by atoms with E-state index in [1.54, 1.807) is 6.26 Å². The zero-order valence-electron chi connectivity index (χ0n) is 17.0. The number of hydrogen-bond acceptors (Lipinski definition) is 5. The molecule has 0 amide bonds. The van der Waals surface area contributed by atoms with E-state index in [1.807, 2.05) is 12.1 Å². The van der Waals surface area contributed by atoms with Gasteiger partial charge in [-0.15, -0.1) is 24.0 Å². The number of morpholine rings is 1. The fourth-order valence-corrected chi connectivity index (χ4v) is 3.48. The lowest BCUT2D eigenvalue weighted by molar-refractivity contribution is 0.0283. The van der Waals surface area contributed by atoms with Gasteiger partial charge < -0.3 is 24.5 Å². The molecule has 0 aliphatic carbocycles. The molecule has 3 heterocycles. The molecule has 7 nitrogen and oxygen atoms in total. The Balaban J connectivity index is 0.00000280. The van der Waals surface area contributed by atoms with Crippen LogP contribution in [0, 0.1) is 0 Å². The lowest BCUT2D eigenvalue weighted by atomic mass is 10.0. The Kier molecular flexibility index (Phi) is 10.6. The van der Waals surface area contributed by atoms with Gasteiger partial charge in [-0.3, -0.25) is 9.89 Å². The van der Waals surface area contributed by atoms with E-state index in [2.05, 4.69) is 22.5 Å². The lowest BCUT2D eigenvalue weighted by Crippen LogP contribution is -2.42. The average Bonchev–Trinajstić information content (AvgIpc) is 3.36. The predicted molar refractivity (Wildman–Crippen MR) is 122 cm³/mol. The van der Waals surface area contributed by atoms with Crippen molar-refractivity contribution < 1.29 is 13.9 Å². The second kappa shape index (κ2) is 12.7. The minimum Gasteiger partial charge on any atom is -0.469 e. The Labute approximate surface area is 185 Å². The number of nitrogens with zero attached hydrogens (tertiary/aromatic N) is 2.